The van der Waals surface area contributed by atoms with E-state index in [9.17, 15) is 4.39 Å². The standard InChI is InChI=1S/C8H10ClFN2/c9-8-3-4-11-12(8)7-2-1-6(10)5-7/h3-4,6-7H,1-2,5H2. The molecule has 2 unspecified atom stereocenters. The zero-order valence-electron chi connectivity index (χ0n) is 6.58. The number of alkyl halides is 1. The van der Waals surface area contributed by atoms with Gasteiger partial charge in [-0.05, 0) is 18.9 Å². The Morgan fingerprint density at radius 3 is 2.92 bits per heavy atom. The predicted molar refractivity (Wildman–Crippen MR) is 45.0 cm³/mol. The molecule has 0 bridgehead atoms. The molecule has 1 heterocycles. The highest BCUT2D eigenvalue weighted by Crippen LogP contribution is 2.33. The van der Waals surface area contributed by atoms with E-state index in [4.69, 9.17) is 11.6 Å². The van der Waals surface area contributed by atoms with Crippen LogP contribution in [0.3, 0.4) is 0 Å². The van der Waals surface area contributed by atoms with Crippen molar-refractivity contribution in [3.8, 4) is 0 Å². The third-order valence-electron chi connectivity index (χ3n) is 2.31. The number of hydrogen-bond acceptors (Lipinski definition) is 1. The number of rotatable bonds is 1. The average molecular weight is 189 g/mol. The van der Waals surface area contributed by atoms with E-state index in [-0.39, 0.29) is 6.04 Å². The molecule has 2 rings (SSSR count). The van der Waals surface area contributed by atoms with Crippen molar-refractivity contribution in [2.45, 2.75) is 31.5 Å². The third kappa shape index (κ3) is 1.33. The van der Waals surface area contributed by atoms with Gasteiger partial charge < -0.3 is 0 Å². The average Bonchev–Trinajstić information content (AvgIpc) is 2.58. The van der Waals surface area contributed by atoms with Gasteiger partial charge in [0, 0.05) is 6.42 Å². The maximum Gasteiger partial charge on any atom is 0.127 e. The first-order valence-corrected chi connectivity index (χ1v) is 4.48. The summed E-state index contributed by atoms with van der Waals surface area (Å²) in [5.74, 6) is 0. The van der Waals surface area contributed by atoms with Crippen molar-refractivity contribution in [1.82, 2.24) is 9.78 Å². The fourth-order valence-electron chi connectivity index (χ4n) is 1.69. The van der Waals surface area contributed by atoms with Gasteiger partial charge in [-0.3, -0.25) is 4.68 Å². The molecule has 0 N–H and O–H groups in total. The Bertz CT molecular complexity index is 274. The Labute approximate surface area is 75.3 Å². The second-order valence-electron chi connectivity index (χ2n) is 3.16. The summed E-state index contributed by atoms with van der Waals surface area (Å²) in [5, 5.41) is 4.66. The number of nitrogens with zero attached hydrogens (tertiary/aromatic N) is 2. The Morgan fingerprint density at radius 1 is 1.58 bits per heavy atom. The lowest BCUT2D eigenvalue weighted by Crippen LogP contribution is -2.07. The Morgan fingerprint density at radius 2 is 2.42 bits per heavy atom. The number of halogens is 2. The monoisotopic (exact) mass is 188 g/mol. The molecule has 2 atom stereocenters. The summed E-state index contributed by atoms with van der Waals surface area (Å²) in [6, 6.07) is 1.90. The molecule has 0 saturated heterocycles. The predicted octanol–water partition coefficient (Wildman–Crippen LogP) is 2.60. The Balaban J connectivity index is 2.16. The van der Waals surface area contributed by atoms with E-state index < -0.39 is 6.17 Å². The van der Waals surface area contributed by atoms with Gasteiger partial charge in [0.05, 0.1) is 12.2 Å². The smallest absolute Gasteiger partial charge is 0.127 e. The van der Waals surface area contributed by atoms with Crippen LogP contribution in [0.15, 0.2) is 12.3 Å². The molecule has 1 aromatic rings. The summed E-state index contributed by atoms with van der Waals surface area (Å²) in [7, 11) is 0. The molecule has 0 spiro atoms. The van der Waals surface area contributed by atoms with Crippen LogP contribution in [0.2, 0.25) is 5.15 Å². The van der Waals surface area contributed by atoms with Crippen LogP contribution in [0.1, 0.15) is 25.3 Å². The van der Waals surface area contributed by atoms with Gasteiger partial charge in [0.1, 0.15) is 11.3 Å². The zero-order valence-corrected chi connectivity index (χ0v) is 7.34. The second kappa shape index (κ2) is 3.05. The fourth-order valence-corrected chi connectivity index (χ4v) is 1.93. The molecule has 0 radical (unpaired) electrons. The highest BCUT2D eigenvalue weighted by atomic mass is 35.5. The lowest BCUT2D eigenvalue weighted by atomic mass is 10.2. The van der Waals surface area contributed by atoms with Crippen molar-refractivity contribution in [2.24, 2.45) is 0 Å². The largest absolute Gasteiger partial charge is 0.251 e. The lowest BCUT2D eigenvalue weighted by Gasteiger charge is -2.10. The molecule has 66 valence electrons. The number of aromatic nitrogens is 2. The third-order valence-corrected chi connectivity index (χ3v) is 2.61. The lowest BCUT2D eigenvalue weighted by molar-refractivity contribution is 0.326. The van der Waals surface area contributed by atoms with Crippen molar-refractivity contribution >= 4 is 11.6 Å². The van der Waals surface area contributed by atoms with Gasteiger partial charge >= 0.3 is 0 Å². The molecule has 1 aromatic heterocycles. The van der Waals surface area contributed by atoms with E-state index in [1.54, 1.807) is 16.9 Å². The van der Waals surface area contributed by atoms with E-state index in [1.807, 2.05) is 0 Å². The van der Waals surface area contributed by atoms with Crippen LogP contribution in [-0.2, 0) is 0 Å². The summed E-state index contributed by atoms with van der Waals surface area (Å²) < 4.78 is 14.5. The van der Waals surface area contributed by atoms with Crippen LogP contribution in [0, 0.1) is 0 Å². The summed E-state index contributed by atoms with van der Waals surface area (Å²) in [5.41, 5.74) is 0. The molecule has 1 saturated carbocycles. The van der Waals surface area contributed by atoms with Gasteiger partial charge in [-0.15, -0.1) is 0 Å². The van der Waals surface area contributed by atoms with Crippen LogP contribution >= 0.6 is 11.6 Å². The Hall–Kier alpha value is -0.570. The molecule has 12 heavy (non-hydrogen) atoms. The summed E-state index contributed by atoms with van der Waals surface area (Å²) in [4.78, 5) is 0. The van der Waals surface area contributed by atoms with Gasteiger partial charge in [-0.1, -0.05) is 11.6 Å². The number of hydrogen-bond donors (Lipinski definition) is 0. The molecular weight excluding hydrogens is 179 g/mol. The minimum atomic E-state index is -0.671. The highest BCUT2D eigenvalue weighted by molar-refractivity contribution is 6.29. The topological polar surface area (TPSA) is 17.8 Å². The van der Waals surface area contributed by atoms with Crippen molar-refractivity contribution in [2.75, 3.05) is 0 Å². The van der Waals surface area contributed by atoms with E-state index in [1.165, 1.54) is 0 Å². The second-order valence-corrected chi connectivity index (χ2v) is 3.55. The molecule has 4 heteroatoms. The van der Waals surface area contributed by atoms with Crippen LogP contribution in [0.4, 0.5) is 4.39 Å². The maximum absolute atomic E-state index is 12.8. The van der Waals surface area contributed by atoms with E-state index in [2.05, 4.69) is 5.10 Å². The molecule has 1 aliphatic rings. The first-order valence-electron chi connectivity index (χ1n) is 4.10. The van der Waals surface area contributed by atoms with E-state index in [0.717, 1.165) is 6.42 Å². The van der Waals surface area contributed by atoms with Crippen LogP contribution in [0.25, 0.3) is 0 Å². The molecular formula is C8H10ClFN2. The molecule has 0 aliphatic heterocycles. The van der Waals surface area contributed by atoms with Crippen LogP contribution < -0.4 is 0 Å². The molecule has 1 aliphatic carbocycles. The van der Waals surface area contributed by atoms with Gasteiger partial charge in [0.25, 0.3) is 0 Å². The van der Waals surface area contributed by atoms with Crippen molar-refractivity contribution in [3.63, 3.8) is 0 Å². The van der Waals surface area contributed by atoms with Gasteiger partial charge in [-0.25, -0.2) is 4.39 Å². The summed E-state index contributed by atoms with van der Waals surface area (Å²) in [6.45, 7) is 0. The Kier molecular flexibility index (Phi) is 2.05. The van der Waals surface area contributed by atoms with Crippen molar-refractivity contribution in [3.05, 3.63) is 17.4 Å². The van der Waals surface area contributed by atoms with E-state index in [0.29, 0.717) is 18.0 Å². The first-order chi connectivity index (χ1) is 5.77. The summed E-state index contributed by atoms with van der Waals surface area (Å²) in [6.07, 6.45) is 3.02. The SMILES string of the molecule is FC1CCC(n2nccc2Cl)C1. The zero-order chi connectivity index (χ0) is 8.55. The molecule has 0 aromatic carbocycles. The van der Waals surface area contributed by atoms with Crippen molar-refractivity contribution in [1.29, 1.82) is 0 Å². The maximum atomic E-state index is 12.8. The fraction of sp³-hybridized carbons (Fsp3) is 0.625. The van der Waals surface area contributed by atoms with Gasteiger partial charge in [0.2, 0.25) is 0 Å². The minimum Gasteiger partial charge on any atom is -0.251 e. The first kappa shape index (κ1) is 8.05. The highest BCUT2D eigenvalue weighted by Gasteiger charge is 2.26. The molecule has 2 nitrogen and oxygen atoms in total. The normalized spacial score (nSPS) is 29.5. The van der Waals surface area contributed by atoms with Gasteiger partial charge in [-0.2, -0.15) is 5.10 Å². The van der Waals surface area contributed by atoms with E-state index >= 15 is 0 Å². The minimum absolute atomic E-state index is 0.169. The van der Waals surface area contributed by atoms with Crippen LogP contribution in [0.5, 0.6) is 0 Å². The molecule has 0 amide bonds. The quantitative estimate of drug-likeness (QED) is 0.663. The van der Waals surface area contributed by atoms with Crippen molar-refractivity contribution < 1.29 is 4.39 Å². The van der Waals surface area contributed by atoms with Crippen LogP contribution in [-0.4, -0.2) is 16.0 Å². The van der Waals surface area contributed by atoms with Gasteiger partial charge in [0.15, 0.2) is 0 Å². The molecule has 1 fully saturated rings. The summed E-state index contributed by atoms with van der Waals surface area (Å²) >= 11 is 5.85.